The van der Waals surface area contributed by atoms with Crippen LogP contribution in [0.15, 0.2) is 30.5 Å². The number of hydrazine groups is 1. The summed E-state index contributed by atoms with van der Waals surface area (Å²) in [4.78, 5) is 2.06. The maximum atomic E-state index is 5.69. The second-order valence-electron chi connectivity index (χ2n) is 4.56. The van der Waals surface area contributed by atoms with Gasteiger partial charge in [0.15, 0.2) is 0 Å². The van der Waals surface area contributed by atoms with Crippen LogP contribution in [0.2, 0.25) is 0 Å². The van der Waals surface area contributed by atoms with Gasteiger partial charge >= 0.3 is 0 Å². The summed E-state index contributed by atoms with van der Waals surface area (Å²) in [5, 5.41) is 7.98. The molecule has 3 N–H and O–H groups in total. The largest absolute Gasteiger partial charge is 0.378 e. The van der Waals surface area contributed by atoms with Gasteiger partial charge in [0.25, 0.3) is 0 Å². The lowest BCUT2D eigenvalue weighted by molar-refractivity contribution is 0.535. The van der Waals surface area contributed by atoms with Crippen LogP contribution in [0.4, 0.5) is 5.69 Å². The van der Waals surface area contributed by atoms with E-state index < -0.39 is 0 Å². The maximum absolute atomic E-state index is 5.69. The highest BCUT2D eigenvalue weighted by Crippen LogP contribution is 2.22. The van der Waals surface area contributed by atoms with Crippen molar-refractivity contribution in [2.24, 2.45) is 5.84 Å². The monoisotopic (exact) mass is 260 g/mol. The van der Waals surface area contributed by atoms with Crippen molar-refractivity contribution in [2.75, 3.05) is 19.0 Å². The summed E-state index contributed by atoms with van der Waals surface area (Å²) < 4.78 is 1.84. The van der Waals surface area contributed by atoms with E-state index in [9.17, 15) is 0 Å². The average Bonchev–Trinajstić information content (AvgIpc) is 2.88. The predicted octanol–water partition coefficient (Wildman–Crippen LogP) is 0.917. The minimum absolute atomic E-state index is 0.105. The van der Waals surface area contributed by atoms with Crippen molar-refractivity contribution in [2.45, 2.75) is 19.5 Å². The van der Waals surface area contributed by atoms with E-state index in [0.717, 1.165) is 23.5 Å². The van der Waals surface area contributed by atoms with Crippen LogP contribution in [0.5, 0.6) is 0 Å². The fourth-order valence-corrected chi connectivity index (χ4v) is 2.05. The van der Waals surface area contributed by atoms with Gasteiger partial charge < -0.3 is 4.90 Å². The van der Waals surface area contributed by atoms with E-state index in [2.05, 4.69) is 44.9 Å². The Morgan fingerprint density at radius 3 is 2.53 bits per heavy atom. The Balaban J connectivity index is 2.32. The van der Waals surface area contributed by atoms with E-state index >= 15 is 0 Å². The average molecular weight is 260 g/mol. The van der Waals surface area contributed by atoms with Crippen molar-refractivity contribution in [1.29, 1.82) is 0 Å². The molecule has 0 fully saturated rings. The lowest BCUT2D eigenvalue weighted by Gasteiger charge is -2.18. The summed E-state index contributed by atoms with van der Waals surface area (Å²) in [6.45, 7) is 2.80. The minimum Gasteiger partial charge on any atom is -0.378 e. The molecular formula is C13H20N6. The third-order valence-electron chi connectivity index (χ3n) is 3.15. The fourth-order valence-electron chi connectivity index (χ4n) is 2.05. The summed E-state index contributed by atoms with van der Waals surface area (Å²) >= 11 is 0. The standard InChI is InChI=1S/C13H20N6/c1-4-19-12(9-15-17-19)13(16-14)10-5-7-11(8-6-10)18(2)3/h5-9,13,16H,4,14H2,1-3H3. The first-order valence-electron chi connectivity index (χ1n) is 6.29. The smallest absolute Gasteiger partial charge is 0.0894 e. The fraction of sp³-hybridized carbons (Fsp3) is 0.385. The maximum Gasteiger partial charge on any atom is 0.0894 e. The Kier molecular flexibility index (Phi) is 4.13. The molecule has 0 aliphatic carbocycles. The van der Waals surface area contributed by atoms with Gasteiger partial charge in [-0.25, -0.2) is 10.1 Å². The van der Waals surface area contributed by atoms with E-state index in [1.54, 1.807) is 6.20 Å². The molecule has 1 unspecified atom stereocenters. The highest BCUT2D eigenvalue weighted by atomic mass is 15.4. The Hall–Kier alpha value is -1.92. The molecule has 0 saturated heterocycles. The number of hydrogen-bond donors (Lipinski definition) is 2. The zero-order valence-electron chi connectivity index (χ0n) is 11.5. The number of aromatic nitrogens is 3. The third-order valence-corrected chi connectivity index (χ3v) is 3.15. The van der Waals surface area contributed by atoms with Crippen LogP contribution in [0.25, 0.3) is 0 Å². The highest BCUT2D eigenvalue weighted by Gasteiger charge is 2.17. The van der Waals surface area contributed by atoms with Crippen LogP contribution in [-0.2, 0) is 6.54 Å². The lowest BCUT2D eigenvalue weighted by Crippen LogP contribution is -2.30. The quantitative estimate of drug-likeness (QED) is 0.618. The topological polar surface area (TPSA) is 72.0 Å². The number of hydrogen-bond acceptors (Lipinski definition) is 5. The number of rotatable bonds is 5. The molecule has 102 valence electrons. The van der Waals surface area contributed by atoms with Gasteiger partial charge in [-0.1, -0.05) is 17.3 Å². The minimum atomic E-state index is -0.105. The predicted molar refractivity (Wildman–Crippen MR) is 75.6 cm³/mol. The number of anilines is 1. The van der Waals surface area contributed by atoms with Crippen LogP contribution in [0.1, 0.15) is 24.2 Å². The van der Waals surface area contributed by atoms with Crippen molar-refractivity contribution in [3.63, 3.8) is 0 Å². The Labute approximate surface area is 113 Å². The van der Waals surface area contributed by atoms with E-state index in [0.29, 0.717) is 0 Å². The second-order valence-corrected chi connectivity index (χ2v) is 4.56. The zero-order valence-corrected chi connectivity index (χ0v) is 11.5. The molecule has 19 heavy (non-hydrogen) atoms. The normalized spacial score (nSPS) is 12.4. The van der Waals surface area contributed by atoms with Crippen LogP contribution < -0.4 is 16.2 Å². The molecule has 1 heterocycles. The lowest BCUT2D eigenvalue weighted by atomic mass is 10.0. The summed E-state index contributed by atoms with van der Waals surface area (Å²) in [6.07, 6.45) is 1.74. The van der Waals surface area contributed by atoms with Crippen molar-refractivity contribution in [1.82, 2.24) is 20.4 Å². The number of aryl methyl sites for hydroxylation is 1. The van der Waals surface area contributed by atoms with Crippen LogP contribution in [0.3, 0.4) is 0 Å². The highest BCUT2D eigenvalue weighted by molar-refractivity contribution is 5.47. The van der Waals surface area contributed by atoms with Gasteiger partial charge in [0, 0.05) is 26.3 Å². The van der Waals surface area contributed by atoms with Crippen LogP contribution in [0, 0.1) is 0 Å². The van der Waals surface area contributed by atoms with Crippen molar-refractivity contribution in [3.05, 3.63) is 41.7 Å². The summed E-state index contributed by atoms with van der Waals surface area (Å²) in [5.74, 6) is 5.69. The third kappa shape index (κ3) is 2.74. The van der Waals surface area contributed by atoms with Crippen molar-refractivity contribution >= 4 is 5.69 Å². The molecule has 1 aromatic heterocycles. The molecule has 0 spiro atoms. The number of nitrogens with two attached hydrogens (primary N) is 1. The molecule has 2 rings (SSSR count). The van der Waals surface area contributed by atoms with E-state index in [4.69, 9.17) is 5.84 Å². The molecule has 0 amide bonds. The van der Waals surface area contributed by atoms with Gasteiger partial charge in [0.1, 0.15) is 0 Å². The Bertz CT molecular complexity index is 516. The number of nitrogens with zero attached hydrogens (tertiary/aromatic N) is 4. The van der Waals surface area contributed by atoms with Gasteiger partial charge in [-0.15, -0.1) is 5.10 Å². The summed E-state index contributed by atoms with van der Waals surface area (Å²) in [7, 11) is 4.04. The molecule has 2 aromatic rings. The molecule has 0 saturated carbocycles. The van der Waals surface area contributed by atoms with E-state index in [-0.39, 0.29) is 6.04 Å². The Morgan fingerprint density at radius 2 is 2.00 bits per heavy atom. The summed E-state index contributed by atoms with van der Waals surface area (Å²) in [5.41, 5.74) is 6.03. The first kappa shape index (κ1) is 13.5. The van der Waals surface area contributed by atoms with E-state index in [1.807, 2.05) is 25.7 Å². The first-order chi connectivity index (χ1) is 9.17. The molecule has 0 aliphatic rings. The second kappa shape index (κ2) is 5.81. The van der Waals surface area contributed by atoms with Gasteiger partial charge in [-0.3, -0.25) is 5.84 Å². The first-order valence-corrected chi connectivity index (χ1v) is 6.29. The number of benzene rings is 1. The summed E-state index contributed by atoms with van der Waals surface area (Å²) in [6, 6.07) is 8.16. The molecule has 6 nitrogen and oxygen atoms in total. The van der Waals surface area contributed by atoms with Crippen LogP contribution in [-0.4, -0.2) is 29.1 Å². The molecule has 1 aromatic carbocycles. The molecule has 0 radical (unpaired) electrons. The SMILES string of the molecule is CCn1nncc1C(NN)c1ccc(N(C)C)cc1. The molecule has 0 aliphatic heterocycles. The van der Waals surface area contributed by atoms with Crippen molar-refractivity contribution < 1.29 is 0 Å². The molecular weight excluding hydrogens is 240 g/mol. The van der Waals surface area contributed by atoms with Gasteiger partial charge in [-0.05, 0) is 24.6 Å². The Morgan fingerprint density at radius 1 is 1.32 bits per heavy atom. The van der Waals surface area contributed by atoms with E-state index in [1.165, 1.54) is 0 Å². The zero-order chi connectivity index (χ0) is 13.8. The van der Waals surface area contributed by atoms with Crippen molar-refractivity contribution in [3.8, 4) is 0 Å². The molecule has 0 bridgehead atoms. The van der Waals surface area contributed by atoms with Crippen LogP contribution >= 0.6 is 0 Å². The molecule has 1 atom stereocenters. The number of nitrogens with one attached hydrogen (secondary N) is 1. The molecule has 6 heteroatoms. The van der Waals surface area contributed by atoms with Gasteiger partial charge in [0.05, 0.1) is 17.9 Å². The van der Waals surface area contributed by atoms with Gasteiger partial charge in [-0.2, -0.15) is 0 Å². The van der Waals surface area contributed by atoms with Gasteiger partial charge in [0.2, 0.25) is 0 Å².